The van der Waals surface area contributed by atoms with Crippen molar-refractivity contribution >= 4 is 38.6 Å². The van der Waals surface area contributed by atoms with E-state index in [2.05, 4.69) is 20.2 Å². The van der Waals surface area contributed by atoms with Crippen LogP contribution in [0.5, 0.6) is 0 Å². The molecular weight excluding hydrogens is 346 g/mol. The Bertz CT molecular complexity index is 906. The van der Waals surface area contributed by atoms with Gasteiger partial charge in [-0.05, 0) is 53.2 Å². The predicted molar refractivity (Wildman–Crippen MR) is 84.0 cm³/mol. The van der Waals surface area contributed by atoms with Gasteiger partial charge < -0.3 is 0 Å². The van der Waals surface area contributed by atoms with Crippen molar-refractivity contribution in [3.05, 3.63) is 46.6 Å². The molecule has 0 saturated carbocycles. The summed E-state index contributed by atoms with van der Waals surface area (Å²) in [6.45, 7) is 1.84. The Morgan fingerprint density at radius 1 is 1.27 bits per heavy atom. The second-order valence-electron chi connectivity index (χ2n) is 4.42. The van der Waals surface area contributed by atoms with E-state index < -0.39 is 10.0 Å². The molecule has 3 aromatic rings. The number of nitrogens with zero attached hydrogens (tertiary/aromatic N) is 4. The van der Waals surface area contributed by atoms with Gasteiger partial charge in [-0.1, -0.05) is 11.6 Å². The summed E-state index contributed by atoms with van der Waals surface area (Å²) in [5, 5.41) is 11.0. The molecule has 7 nitrogen and oxygen atoms in total. The lowest BCUT2D eigenvalue weighted by atomic mass is 10.2. The minimum absolute atomic E-state index is 0.166. The zero-order valence-corrected chi connectivity index (χ0v) is 13.7. The van der Waals surface area contributed by atoms with Crippen molar-refractivity contribution in [3.8, 4) is 5.69 Å². The zero-order valence-electron chi connectivity index (χ0n) is 11.3. The number of tetrazole rings is 1. The van der Waals surface area contributed by atoms with Gasteiger partial charge in [0.05, 0.1) is 10.0 Å². The maximum Gasteiger partial charge on any atom is 0.271 e. The van der Waals surface area contributed by atoms with E-state index in [-0.39, 0.29) is 4.21 Å². The van der Waals surface area contributed by atoms with Crippen molar-refractivity contribution < 1.29 is 8.42 Å². The standard InChI is InChI=1S/C12H10ClN5O2S2/c1-8-6-9(2-3-10(8)18-7-14-16-17-18)15-22(19,20)12-5-4-11(13)21-12/h2-7,15H,1H3. The average molecular weight is 356 g/mol. The molecule has 0 aliphatic heterocycles. The van der Waals surface area contributed by atoms with E-state index in [0.717, 1.165) is 22.6 Å². The predicted octanol–water partition coefficient (Wildman–Crippen LogP) is 2.49. The third-order valence-corrected chi connectivity index (χ3v) is 5.96. The van der Waals surface area contributed by atoms with Crippen LogP contribution in [0.1, 0.15) is 5.56 Å². The highest BCUT2D eigenvalue weighted by Gasteiger charge is 2.17. The first-order chi connectivity index (χ1) is 10.5. The molecule has 0 radical (unpaired) electrons. The number of rotatable bonds is 4. The highest BCUT2D eigenvalue weighted by Crippen LogP contribution is 2.28. The summed E-state index contributed by atoms with van der Waals surface area (Å²) in [4.78, 5) is 0. The van der Waals surface area contributed by atoms with Crippen LogP contribution >= 0.6 is 22.9 Å². The van der Waals surface area contributed by atoms with Crippen molar-refractivity contribution in [2.75, 3.05) is 4.72 Å². The van der Waals surface area contributed by atoms with Gasteiger partial charge in [0.25, 0.3) is 10.0 Å². The molecule has 3 rings (SSSR count). The van der Waals surface area contributed by atoms with Crippen LogP contribution in [-0.4, -0.2) is 28.6 Å². The molecule has 114 valence electrons. The van der Waals surface area contributed by atoms with Gasteiger partial charge in [-0.25, -0.2) is 13.1 Å². The van der Waals surface area contributed by atoms with Crippen LogP contribution in [0, 0.1) is 6.92 Å². The van der Waals surface area contributed by atoms with E-state index >= 15 is 0 Å². The fourth-order valence-electron chi connectivity index (χ4n) is 1.90. The largest absolute Gasteiger partial charge is 0.279 e. The Balaban J connectivity index is 1.89. The smallest absolute Gasteiger partial charge is 0.271 e. The molecule has 0 fully saturated rings. The molecule has 10 heteroatoms. The minimum Gasteiger partial charge on any atom is -0.279 e. The second-order valence-corrected chi connectivity index (χ2v) is 8.04. The van der Waals surface area contributed by atoms with E-state index in [0.29, 0.717) is 10.0 Å². The van der Waals surface area contributed by atoms with Crippen molar-refractivity contribution in [2.24, 2.45) is 0 Å². The molecule has 1 aromatic carbocycles. The van der Waals surface area contributed by atoms with Gasteiger partial charge in [0.15, 0.2) is 0 Å². The fraction of sp³-hybridized carbons (Fsp3) is 0.0833. The molecule has 0 aliphatic rings. The summed E-state index contributed by atoms with van der Waals surface area (Å²) in [6.07, 6.45) is 1.47. The van der Waals surface area contributed by atoms with Crippen LogP contribution in [0.15, 0.2) is 40.9 Å². The van der Waals surface area contributed by atoms with Crippen LogP contribution in [0.2, 0.25) is 4.34 Å². The molecule has 1 N–H and O–H groups in total. The minimum atomic E-state index is -3.64. The molecule has 0 atom stereocenters. The highest BCUT2D eigenvalue weighted by atomic mass is 35.5. The fourth-order valence-corrected chi connectivity index (χ4v) is 4.43. The van der Waals surface area contributed by atoms with Crippen LogP contribution < -0.4 is 4.72 Å². The van der Waals surface area contributed by atoms with Gasteiger partial charge in [0, 0.05) is 5.69 Å². The summed E-state index contributed by atoms with van der Waals surface area (Å²) in [5.74, 6) is 0. The summed E-state index contributed by atoms with van der Waals surface area (Å²) >= 11 is 6.78. The van der Waals surface area contributed by atoms with E-state index in [1.165, 1.54) is 17.1 Å². The maximum absolute atomic E-state index is 12.2. The van der Waals surface area contributed by atoms with E-state index in [1.54, 1.807) is 24.3 Å². The third-order valence-electron chi connectivity index (χ3n) is 2.86. The summed E-state index contributed by atoms with van der Waals surface area (Å²) in [6, 6.07) is 8.12. The summed E-state index contributed by atoms with van der Waals surface area (Å²) in [5.41, 5.74) is 2.06. The number of hydrogen-bond acceptors (Lipinski definition) is 6. The normalized spacial score (nSPS) is 11.5. The van der Waals surface area contributed by atoms with Crippen LogP contribution in [0.25, 0.3) is 5.69 Å². The van der Waals surface area contributed by atoms with Crippen molar-refractivity contribution in [3.63, 3.8) is 0 Å². The lowest BCUT2D eigenvalue weighted by molar-refractivity contribution is 0.603. The van der Waals surface area contributed by atoms with E-state index in [4.69, 9.17) is 11.6 Å². The maximum atomic E-state index is 12.2. The Morgan fingerprint density at radius 2 is 2.09 bits per heavy atom. The molecule has 0 saturated heterocycles. The number of nitrogens with one attached hydrogen (secondary N) is 1. The van der Waals surface area contributed by atoms with Gasteiger partial charge in [-0.15, -0.1) is 16.4 Å². The van der Waals surface area contributed by atoms with Gasteiger partial charge >= 0.3 is 0 Å². The van der Waals surface area contributed by atoms with Crippen molar-refractivity contribution in [1.82, 2.24) is 20.2 Å². The lowest BCUT2D eigenvalue weighted by Crippen LogP contribution is -2.11. The summed E-state index contributed by atoms with van der Waals surface area (Å²) < 4.78 is 29.1. The average Bonchev–Trinajstić information content (AvgIpc) is 3.09. The SMILES string of the molecule is Cc1cc(NS(=O)(=O)c2ccc(Cl)s2)ccc1-n1cnnn1. The second kappa shape index (κ2) is 5.67. The number of sulfonamides is 1. The van der Waals surface area contributed by atoms with E-state index in [9.17, 15) is 8.42 Å². The molecular formula is C12H10ClN5O2S2. The monoisotopic (exact) mass is 355 g/mol. The molecule has 22 heavy (non-hydrogen) atoms. The highest BCUT2D eigenvalue weighted by molar-refractivity contribution is 7.94. The first-order valence-electron chi connectivity index (χ1n) is 6.08. The first kappa shape index (κ1) is 14.9. The van der Waals surface area contributed by atoms with E-state index in [1.807, 2.05) is 6.92 Å². The van der Waals surface area contributed by atoms with Crippen LogP contribution in [0.4, 0.5) is 5.69 Å². The molecule has 2 aromatic heterocycles. The third kappa shape index (κ3) is 2.96. The Labute approximate surface area is 135 Å². The number of hydrogen-bond donors (Lipinski definition) is 1. The van der Waals surface area contributed by atoms with Crippen molar-refractivity contribution in [2.45, 2.75) is 11.1 Å². The molecule has 0 unspecified atom stereocenters. The number of aryl methyl sites for hydroxylation is 1. The Kier molecular flexibility index (Phi) is 3.85. The Hall–Kier alpha value is -1.97. The number of benzene rings is 1. The van der Waals surface area contributed by atoms with Gasteiger partial charge in [-0.3, -0.25) is 4.72 Å². The molecule has 0 spiro atoms. The van der Waals surface area contributed by atoms with Crippen LogP contribution in [0.3, 0.4) is 0 Å². The number of aromatic nitrogens is 4. The number of anilines is 1. The quantitative estimate of drug-likeness (QED) is 0.776. The molecule has 0 aliphatic carbocycles. The van der Waals surface area contributed by atoms with Gasteiger partial charge in [0.1, 0.15) is 10.5 Å². The number of thiophene rings is 1. The molecule has 0 amide bonds. The summed E-state index contributed by atoms with van der Waals surface area (Å²) in [7, 11) is -3.64. The van der Waals surface area contributed by atoms with Gasteiger partial charge in [-0.2, -0.15) is 0 Å². The topological polar surface area (TPSA) is 89.8 Å². The van der Waals surface area contributed by atoms with Crippen LogP contribution in [-0.2, 0) is 10.0 Å². The van der Waals surface area contributed by atoms with Crippen molar-refractivity contribution in [1.29, 1.82) is 0 Å². The Morgan fingerprint density at radius 3 is 2.68 bits per heavy atom. The van der Waals surface area contributed by atoms with Gasteiger partial charge in [0.2, 0.25) is 0 Å². The first-order valence-corrected chi connectivity index (χ1v) is 8.76. The molecule has 2 heterocycles. The zero-order chi connectivity index (χ0) is 15.7. The lowest BCUT2D eigenvalue weighted by Gasteiger charge is -2.09. The molecule has 0 bridgehead atoms. The number of halogens is 1.